The van der Waals surface area contributed by atoms with Gasteiger partial charge in [0.2, 0.25) is 0 Å². The van der Waals surface area contributed by atoms with Crippen molar-refractivity contribution in [2.24, 2.45) is 0 Å². The molecule has 0 unspecified atom stereocenters. The largest absolute Gasteiger partial charge is 0.365 e. The van der Waals surface area contributed by atoms with Gasteiger partial charge in [0, 0.05) is 11.9 Å². The van der Waals surface area contributed by atoms with E-state index in [0.29, 0.717) is 0 Å². The van der Waals surface area contributed by atoms with Gasteiger partial charge in [0.05, 0.1) is 0 Å². The van der Waals surface area contributed by atoms with Gasteiger partial charge in [-0.25, -0.2) is 0 Å². The van der Waals surface area contributed by atoms with Gasteiger partial charge >= 0.3 is 0 Å². The summed E-state index contributed by atoms with van der Waals surface area (Å²) in [6.07, 6.45) is 11.2. The highest BCUT2D eigenvalue weighted by Gasteiger charge is 1.98. The van der Waals surface area contributed by atoms with E-state index in [1.165, 1.54) is 56.2 Å². The zero-order valence-electron chi connectivity index (χ0n) is 9.60. The number of rotatable bonds is 7. The third-order valence-corrected chi connectivity index (χ3v) is 2.67. The Hall–Kier alpha value is -0.720. The summed E-state index contributed by atoms with van der Waals surface area (Å²) in [6, 6.07) is 2.34. The molecule has 0 amide bonds. The highest BCUT2D eigenvalue weighted by atomic mass is 14.7. The first-order valence-corrected chi connectivity index (χ1v) is 6.03. The molecule has 0 spiro atoms. The molecule has 0 aliphatic rings. The summed E-state index contributed by atoms with van der Waals surface area (Å²) in [4.78, 5) is 3.37. The molecule has 0 atom stereocenters. The van der Waals surface area contributed by atoms with Gasteiger partial charge in [0.15, 0.2) is 0 Å². The maximum Gasteiger partial charge on any atom is 0.0149 e. The minimum atomic E-state index is 1.21. The Balaban J connectivity index is 2.27. The van der Waals surface area contributed by atoms with Crippen LogP contribution in [-0.4, -0.2) is 4.98 Å². The number of unbranched alkanes of at least 4 members (excludes halogenated alkanes) is 3. The van der Waals surface area contributed by atoms with Gasteiger partial charge in [-0.05, 0) is 37.3 Å². The van der Waals surface area contributed by atoms with Crippen molar-refractivity contribution in [2.75, 3.05) is 0 Å². The molecule has 0 saturated heterocycles. The van der Waals surface area contributed by atoms with Crippen molar-refractivity contribution in [3.05, 3.63) is 23.5 Å². The lowest BCUT2D eigenvalue weighted by molar-refractivity contribution is 0.717. The van der Waals surface area contributed by atoms with Crippen LogP contribution in [0.2, 0.25) is 0 Å². The molecule has 1 rings (SSSR count). The first-order chi connectivity index (χ1) is 6.86. The fourth-order valence-corrected chi connectivity index (χ4v) is 1.73. The number of aryl methyl sites for hydroxylation is 2. The molecule has 0 aromatic carbocycles. The topological polar surface area (TPSA) is 15.8 Å². The van der Waals surface area contributed by atoms with Crippen LogP contribution in [-0.2, 0) is 12.8 Å². The Labute approximate surface area is 87.9 Å². The summed E-state index contributed by atoms with van der Waals surface area (Å²) in [7, 11) is 0. The number of nitrogens with one attached hydrogen (secondary N) is 1. The number of hydrogen-bond donors (Lipinski definition) is 1. The van der Waals surface area contributed by atoms with Gasteiger partial charge in [-0.2, -0.15) is 0 Å². The molecular weight excluding hydrogens is 170 g/mol. The number of aromatic amines is 1. The van der Waals surface area contributed by atoms with Gasteiger partial charge in [-0.3, -0.25) is 0 Å². The highest BCUT2D eigenvalue weighted by molar-refractivity contribution is 5.16. The standard InChI is InChI=1S/C13H23N/c1-3-5-7-8-12-10-13(14-11-12)9-6-4-2/h10-11,14H,3-9H2,1-2H3. The second kappa shape index (κ2) is 6.69. The van der Waals surface area contributed by atoms with Crippen LogP contribution in [0, 0.1) is 0 Å². The fraction of sp³-hybridized carbons (Fsp3) is 0.692. The summed E-state index contributed by atoms with van der Waals surface area (Å²) >= 11 is 0. The minimum Gasteiger partial charge on any atom is -0.365 e. The van der Waals surface area contributed by atoms with Crippen LogP contribution in [0.5, 0.6) is 0 Å². The molecule has 0 aliphatic heterocycles. The summed E-state index contributed by atoms with van der Waals surface area (Å²) in [5.41, 5.74) is 2.91. The van der Waals surface area contributed by atoms with E-state index in [-0.39, 0.29) is 0 Å². The van der Waals surface area contributed by atoms with Gasteiger partial charge in [-0.1, -0.05) is 33.1 Å². The van der Waals surface area contributed by atoms with E-state index in [1.54, 1.807) is 0 Å². The zero-order valence-corrected chi connectivity index (χ0v) is 9.60. The molecule has 1 aromatic heterocycles. The lowest BCUT2D eigenvalue weighted by Gasteiger charge is -1.95. The van der Waals surface area contributed by atoms with Crippen molar-refractivity contribution in [2.45, 2.75) is 58.8 Å². The van der Waals surface area contributed by atoms with E-state index in [4.69, 9.17) is 0 Å². The van der Waals surface area contributed by atoms with E-state index in [9.17, 15) is 0 Å². The fourth-order valence-electron chi connectivity index (χ4n) is 1.73. The minimum absolute atomic E-state index is 1.21. The van der Waals surface area contributed by atoms with Crippen LogP contribution in [0.4, 0.5) is 0 Å². The van der Waals surface area contributed by atoms with Crippen molar-refractivity contribution in [1.29, 1.82) is 0 Å². The first kappa shape index (κ1) is 11.4. The SMILES string of the molecule is CCCCCc1c[nH]c(CCCC)c1. The van der Waals surface area contributed by atoms with Gasteiger partial charge < -0.3 is 4.98 Å². The summed E-state index contributed by atoms with van der Waals surface area (Å²) in [5.74, 6) is 0. The average molecular weight is 193 g/mol. The van der Waals surface area contributed by atoms with Gasteiger partial charge in [-0.15, -0.1) is 0 Å². The van der Waals surface area contributed by atoms with Gasteiger partial charge in [0.1, 0.15) is 0 Å². The predicted octanol–water partition coefficient (Wildman–Crippen LogP) is 4.09. The van der Waals surface area contributed by atoms with E-state index >= 15 is 0 Å². The van der Waals surface area contributed by atoms with Crippen LogP contribution in [0.25, 0.3) is 0 Å². The van der Waals surface area contributed by atoms with E-state index in [1.807, 2.05) is 0 Å². The predicted molar refractivity (Wildman–Crippen MR) is 62.6 cm³/mol. The molecular formula is C13H23N. The second-order valence-corrected chi connectivity index (χ2v) is 4.09. The molecule has 1 aromatic rings. The van der Waals surface area contributed by atoms with Crippen LogP contribution < -0.4 is 0 Å². The summed E-state index contributed by atoms with van der Waals surface area (Å²) in [5, 5.41) is 0. The van der Waals surface area contributed by atoms with Crippen molar-refractivity contribution in [3.63, 3.8) is 0 Å². The van der Waals surface area contributed by atoms with Crippen LogP contribution in [0.3, 0.4) is 0 Å². The van der Waals surface area contributed by atoms with Crippen molar-refractivity contribution in [1.82, 2.24) is 4.98 Å². The molecule has 80 valence electrons. The molecule has 0 bridgehead atoms. The first-order valence-electron chi connectivity index (χ1n) is 6.03. The normalized spacial score (nSPS) is 10.7. The summed E-state index contributed by atoms with van der Waals surface area (Å²) < 4.78 is 0. The molecule has 1 heterocycles. The number of aromatic nitrogens is 1. The maximum absolute atomic E-state index is 3.37. The van der Waals surface area contributed by atoms with Crippen LogP contribution in [0.1, 0.15) is 57.2 Å². The van der Waals surface area contributed by atoms with E-state index in [2.05, 4.69) is 31.1 Å². The molecule has 1 nitrogen and oxygen atoms in total. The highest BCUT2D eigenvalue weighted by Crippen LogP contribution is 2.10. The van der Waals surface area contributed by atoms with E-state index < -0.39 is 0 Å². The molecule has 0 radical (unpaired) electrons. The molecule has 0 fully saturated rings. The number of H-pyrrole nitrogens is 1. The van der Waals surface area contributed by atoms with Crippen molar-refractivity contribution < 1.29 is 0 Å². The maximum atomic E-state index is 3.37. The molecule has 0 aliphatic carbocycles. The molecule has 0 saturated carbocycles. The quantitative estimate of drug-likeness (QED) is 0.628. The molecule has 1 heteroatoms. The third kappa shape index (κ3) is 3.99. The number of hydrogen-bond acceptors (Lipinski definition) is 0. The smallest absolute Gasteiger partial charge is 0.0149 e. The van der Waals surface area contributed by atoms with Crippen LogP contribution in [0.15, 0.2) is 12.3 Å². The Morgan fingerprint density at radius 3 is 2.50 bits per heavy atom. The zero-order chi connectivity index (χ0) is 10.2. The lowest BCUT2D eigenvalue weighted by atomic mass is 10.1. The van der Waals surface area contributed by atoms with Gasteiger partial charge in [0.25, 0.3) is 0 Å². The third-order valence-electron chi connectivity index (χ3n) is 2.67. The monoisotopic (exact) mass is 193 g/mol. The second-order valence-electron chi connectivity index (χ2n) is 4.09. The van der Waals surface area contributed by atoms with Crippen LogP contribution >= 0.6 is 0 Å². The Kier molecular flexibility index (Phi) is 5.43. The Morgan fingerprint density at radius 1 is 1.00 bits per heavy atom. The average Bonchev–Trinajstić information content (AvgIpc) is 2.63. The Bertz CT molecular complexity index is 237. The van der Waals surface area contributed by atoms with Crippen molar-refractivity contribution >= 4 is 0 Å². The Morgan fingerprint density at radius 2 is 1.79 bits per heavy atom. The van der Waals surface area contributed by atoms with E-state index in [0.717, 1.165) is 0 Å². The molecule has 1 N–H and O–H groups in total. The molecule has 14 heavy (non-hydrogen) atoms. The lowest BCUT2D eigenvalue weighted by Crippen LogP contribution is -1.83. The van der Waals surface area contributed by atoms with Crippen molar-refractivity contribution in [3.8, 4) is 0 Å². The summed E-state index contributed by atoms with van der Waals surface area (Å²) in [6.45, 7) is 4.49.